The Morgan fingerprint density at radius 1 is 1.10 bits per heavy atom. The van der Waals surface area contributed by atoms with Crippen molar-refractivity contribution in [1.82, 2.24) is 5.32 Å². The van der Waals surface area contributed by atoms with Gasteiger partial charge >= 0.3 is 6.03 Å². The summed E-state index contributed by atoms with van der Waals surface area (Å²) in [5, 5.41) is 2.59. The van der Waals surface area contributed by atoms with Crippen LogP contribution in [0.2, 0.25) is 5.02 Å². The summed E-state index contributed by atoms with van der Waals surface area (Å²) in [4.78, 5) is 38.8. The Balaban J connectivity index is 1.95. The fraction of sp³-hybridized carbons (Fsp3) is 0.174. The molecule has 1 aliphatic heterocycles. The minimum Gasteiger partial charge on any atom is -0.494 e. The van der Waals surface area contributed by atoms with E-state index in [0.717, 1.165) is 11.3 Å². The van der Waals surface area contributed by atoms with Gasteiger partial charge in [-0.05, 0) is 55.0 Å². The Hall–Kier alpha value is -3.58. The van der Waals surface area contributed by atoms with Crippen LogP contribution >= 0.6 is 11.6 Å². The monoisotopic (exact) mass is 440 g/mol. The zero-order chi connectivity index (χ0) is 22.4. The van der Waals surface area contributed by atoms with E-state index in [1.807, 2.05) is 6.92 Å². The molecule has 0 aromatic heterocycles. The van der Waals surface area contributed by atoms with Gasteiger partial charge in [-0.25, -0.2) is 9.69 Å². The summed E-state index contributed by atoms with van der Waals surface area (Å²) < 4.78 is 11.1. The Kier molecular flexibility index (Phi) is 7.10. The minimum absolute atomic E-state index is 0.225. The molecule has 31 heavy (non-hydrogen) atoms. The van der Waals surface area contributed by atoms with Gasteiger partial charge in [-0.1, -0.05) is 31.2 Å². The highest BCUT2D eigenvalue weighted by Crippen LogP contribution is 2.28. The molecule has 1 N–H and O–H groups in total. The standard InChI is InChI=1S/C23H21ClN2O5/c1-3-11-30-18-8-6-17(7-9-18)26-22(28)19(21(27)25-23(26)29)14-15-13-16(24)5-10-20(15)31-12-4-2/h4-10,13-14H,2-3,11-12H2,1H3,(H,25,27,29)/b19-14-. The zero-order valence-electron chi connectivity index (χ0n) is 16.9. The van der Waals surface area contributed by atoms with Crippen LogP contribution in [0.15, 0.2) is 60.7 Å². The number of rotatable bonds is 8. The quantitative estimate of drug-likeness (QED) is 0.374. The molecule has 0 aliphatic carbocycles. The third-order valence-electron chi connectivity index (χ3n) is 4.30. The van der Waals surface area contributed by atoms with Gasteiger partial charge in [0.15, 0.2) is 0 Å². The van der Waals surface area contributed by atoms with E-state index in [-0.39, 0.29) is 12.2 Å². The van der Waals surface area contributed by atoms with Crippen LogP contribution in [0, 0.1) is 0 Å². The summed E-state index contributed by atoms with van der Waals surface area (Å²) in [7, 11) is 0. The lowest BCUT2D eigenvalue weighted by Crippen LogP contribution is -2.54. The molecule has 2 aromatic carbocycles. The molecule has 1 aliphatic rings. The summed E-state index contributed by atoms with van der Waals surface area (Å²) >= 11 is 6.07. The molecule has 3 rings (SSSR count). The first-order valence-electron chi connectivity index (χ1n) is 9.62. The van der Waals surface area contributed by atoms with Crippen molar-refractivity contribution in [2.75, 3.05) is 18.1 Å². The number of hydrogen-bond acceptors (Lipinski definition) is 5. The molecular formula is C23H21ClN2O5. The Bertz CT molecular complexity index is 1050. The molecule has 0 saturated carbocycles. The second-order valence-electron chi connectivity index (χ2n) is 6.58. The van der Waals surface area contributed by atoms with Gasteiger partial charge in [-0.2, -0.15) is 0 Å². The molecule has 1 saturated heterocycles. The normalized spacial score (nSPS) is 15.1. The number of carbonyl (C=O) groups excluding carboxylic acids is 3. The van der Waals surface area contributed by atoms with Crippen molar-refractivity contribution in [1.29, 1.82) is 0 Å². The van der Waals surface area contributed by atoms with Gasteiger partial charge in [0.05, 0.1) is 12.3 Å². The van der Waals surface area contributed by atoms with E-state index in [1.54, 1.807) is 48.5 Å². The second kappa shape index (κ2) is 9.95. The molecule has 0 unspecified atom stereocenters. The average Bonchev–Trinajstić information content (AvgIpc) is 2.75. The number of halogens is 1. The molecule has 2 aromatic rings. The van der Waals surface area contributed by atoms with E-state index >= 15 is 0 Å². The SMILES string of the molecule is C=CCOc1ccc(Cl)cc1/C=C1/C(=O)NC(=O)N(c2ccc(OCCC)cc2)C1=O. The third-order valence-corrected chi connectivity index (χ3v) is 4.53. The topological polar surface area (TPSA) is 84.9 Å². The summed E-state index contributed by atoms with van der Waals surface area (Å²) in [6.07, 6.45) is 3.77. The van der Waals surface area contributed by atoms with Crippen molar-refractivity contribution in [3.05, 3.63) is 71.3 Å². The Morgan fingerprint density at radius 2 is 1.84 bits per heavy atom. The number of nitrogens with zero attached hydrogens (tertiary/aromatic N) is 1. The van der Waals surface area contributed by atoms with Crippen molar-refractivity contribution in [2.24, 2.45) is 0 Å². The lowest BCUT2D eigenvalue weighted by atomic mass is 10.1. The van der Waals surface area contributed by atoms with Crippen LogP contribution in [0.3, 0.4) is 0 Å². The van der Waals surface area contributed by atoms with Crippen molar-refractivity contribution < 1.29 is 23.9 Å². The second-order valence-corrected chi connectivity index (χ2v) is 7.02. The van der Waals surface area contributed by atoms with Crippen molar-refractivity contribution in [2.45, 2.75) is 13.3 Å². The first-order valence-corrected chi connectivity index (χ1v) is 10.00. The Morgan fingerprint density at radius 3 is 2.52 bits per heavy atom. The summed E-state index contributed by atoms with van der Waals surface area (Å²) in [6.45, 7) is 6.38. The molecule has 0 bridgehead atoms. The number of barbiturate groups is 1. The van der Waals surface area contributed by atoms with E-state index in [0.29, 0.717) is 34.4 Å². The van der Waals surface area contributed by atoms with Gasteiger partial charge < -0.3 is 9.47 Å². The molecule has 0 atom stereocenters. The highest BCUT2D eigenvalue weighted by molar-refractivity contribution is 6.39. The lowest BCUT2D eigenvalue weighted by molar-refractivity contribution is -0.122. The predicted octanol–water partition coefficient (Wildman–Crippen LogP) is 4.36. The fourth-order valence-corrected chi connectivity index (χ4v) is 3.05. The molecule has 0 radical (unpaired) electrons. The molecule has 7 nitrogen and oxygen atoms in total. The largest absolute Gasteiger partial charge is 0.494 e. The predicted molar refractivity (Wildman–Crippen MR) is 118 cm³/mol. The number of nitrogens with one attached hydrogen (secondary N) is 1. The van der Waals surface area contributed by atoms with Gasteiger partial charge in [-0.3, -0.25) is 14.9 Å². The molecule has 4 amide bonds. The van der Waals surface area contributed by atoms with Gasteiger partial charge in [0.1, 0.15) is 23.7 Å². The number of carbonyl (C=O) groups is 3. The van der Waals surface area contributed by atoms with Crippen molar-refractivity contribution in [3.63, 3.8) is 0 Å². The highest BCUT2D eigenvalue weighted by atomic mass is 35.5. The number of anilines is 1. The van der Waals surface area contributed by atoms with Crippen LogP contribution in [-0.2, 0) is 9.59 Å². The molecule has 1 heterocycles. The molecule has 1 fully saturated rings. The number of benzene rings is 2. The fourth-order valence-electron chi connectivity index (χ4n) is 2.87. The summed E-state index contributed by atoms with van der Waals surface area (Å²) in [5.74, 6) is -0.530. The van der Waals surface area contributed by atoms with Crippen LogP contribution in [0.25, 0.3) is 6.08 Å². The number of amides is 4. The molecule has 160 valence electrons. The third kappa shape index (κ3) is 5.13. The molecular weight excluding hydrogens is 420 g/mol. The number of hydrogen-bond donors (Lipinski definition) is 1. The van der Waals surface area contributed by atoms with E-state index in [9.17, 15) is 14.4 Å². The first-order chi connectivity index (χ1) is 14.9. The maximum Gasteiger partial charge on any atom is 0.335 e. The van der Waals surface area contributed by atoms with Crippen LogP contribution in [0.4, 0.5) is 10.5 Å². The van der Waals surface area contributed by atoms with Gasteiger partial charge in [-0.15, -0.1) is 0 Å². The van der Waals surface area contributed by atoms with Gasteiger partial charge in [0, 0.05) is 10.6 Å². The zero-order valence-corrected chi connectivity index (χ0v) is 17.6. The first kappa shape index (κ1) is 22.1. The summed E-state index contributed by atoms with van der Waals surface area (Å²) in [6, 6.07) is 10.5. The molecule has 8 heteroatoms. The molecule has 0 spiro atoms. The van der Waals surface area contributed by atoms with E-state index in [2.05, 4.69) is 11.9 Å². The van der Waals surface area contributed by atoms with E-state index < -0.39 is 17.8 Å². The minimum atomic E-state index is -0.830. The van der Waals surface area contributed by atoms with Gasteiger partial charge in [0.25, 0.3) is 11.8 Å². The highest BCUT2D eigenvalue weighted by Gasteiger charge is 2.37. The van der Waals surface area contributed by atoms with Crippen LogP contribution in [0.1, 0.15) is 18.9 Å². The maximum atomic E-state index is 13.1. The smallest absolute Gasteiger partial charge is 0.335 e. The van der Waals surface area contributed by atoms with E-state index in [1.165, 1.54) is 6.08 Å². The van der Waals surface area contributed by atoms with Crippen molar-refractivity contribution >= 4 is 41.2 Å². The number of imide groups is 2. The van der Waals surface area contributed by atoms with E-state index in [4.69, 9.17) is 21.1 Å². The van der Waals surface area contributed by atoms with Crippen LogP contribution < -0.4 is 19.7 Å². The summed E-state index contributed by atoms with van der Waals surface area (Å²) in [5.41, 5.74) is 0.501. The number of ether oxygens (including phenoxy) is 2. The van der Waals surface area contributed by atoms with Gasteiger partial charge in [0.2, 0.25) is 0 Å². The lowest BCUT2D eigenvalue weighted by Gasteiger charge is -2.26. The Labute approximate surface area is 184 Å². The van der Waals surface area contributed by atoms with Crippen molar-refractivity contribution in [3.8, 4) is 11.5 Å². The van der Waals surface area contributed by atoms with Crippen LogP contribution in [-0.4, -0.2) is 31.1 Å². The number of urea groups is 1. The average molecular weight is 441 g/mol. The van der Waals surface area contributed by atoms with Crippen LogP contribution in [0.5, 0.6) is 11.5 Å². The maximum absolute atomic E-state index is 13.1.